The van der Waals surface area contributed by atoms with Crippen LogP contribution in [-0.4, -0.2) is 30.1 Å². The number of hydrogen-bond acceptors (Lipinski definition) is 5. The maximum absolute atomic E-state index is 15.3. The fraction of sp³-hybridized carbons (Fsp3) is 0.346. The van der Waals surface area contributed by atoms with Gasteiger partial charge in [0.15, 0.2) is 6.10 Å². The van der Waals surface area contributed by atoms with Crippen LogP contribution in [0.4, 0.5) is 10.1 Å². The Morgan fingerprint density at radius 1 is 1.29 bits per heavy atom. The number of terminal acetylenes is 1. The van der Waals surface area contributed by atoms with E-state index >= 15 is 4.39 Å². The highest BCUT2D eigenvalue weighted by atomic mass is 35.5. The number of esters is 1. The number of benzene rings is 1. The van der Waals surface area contributed by atoms with Crippen LogP contribution in [0.5, 0.6) is 5.75 Å². The van der Waals surface area contributed by atoms with Crippen molar-refractivity contribution in [2.75, 3.05) is 12.0 Å². The molecular formula is C26H26ClFN2O4. The minimum atomic E-state index is -0.711. The standard InChI is InChI=1S/C26H26ClFN2O4/c1-5-17(3)34-24-13-23(22(28)12-21(24)27)30(15-18-14-29-11-10-16(18)2)25(31)19-8-6-7-9-20(19)26(32)33-4/h1,10-14,17H,6-9,15H2,2-4H3. The van der Waals surface area contributed by atoms with E-state index in [4.69, 9.17) is 27.5 Å². The molecule has 1 unspecified atom stereocenters. The maximum atomic E-state index is 15.3. The number of hydrogen-bond donors (Lipinski definition) is 0. The zero-order valence-corrected chi connectivity index (χ0v) is 20.1. The SMILES string of the molecule is C#CC(C)Oc1cc(N(Cc2cnccc2C)C(=O)C2=C(C(=O)OC)CCCC2)c(F)cc1Cl. The number of nitrogens with zero attached hydrogens (tertiary/aromatic N) is 2. The molecule has 0 bridgehead atoms. The van der Waals surface area contributed by atoms with E-state index in [1.54, 1.807) is 25.4 Å². The predicted octanol–water partition coefficient (Wildman–Crippen LogP) is 5.16. The minimum Gasteiger partial charge on any atom is -0.476 e. The molecule has 2 aromatic rings. The third-order valence-electron chi connectivity index (χ3n) is 5.71. The smallest absolute Gasteiger partial charge is 0.334 e. The van der Waals surface area contributed by atoms with Crippen LogP contribution in [0.2, 0.25) is 5.02 Å². The summed E-state index contributed by atoms with van der Waals surface area (Å²) in [5, 5.41) is 0.0282. The van der Waals surface area contributed by atoms with Gasteiger partial charge in [-0.15, -0.1) is 6.42 Å². The van der Waals surface area contributed by atoms with Crippen molar-refractivity contribution in [2.45, 2.75) is 52.2 Å². The zero-order valence-electron chi connectivity index (χ0n) is 19.4. The predicted molar refractivity (Wildman–Crippen MR) is 128 cm³/mol. The van der Waals surface area contributed by atoms with Crippen molar-refractivity contribution < 1.29 is 23.5 Å². The van der Waals surface area contributed by atoms with E-state index in [0.717, 1.165) is 30.0 Å². The molecule has 1 aliphatic carbocycles. The van der Waals surface area contributed by atoms with Crippen LogP contribution in [0.25, 0.3) is 0 Å². The number of aryl methyl sites for hydroxylation is 1. The number of rotatable bonds is 7. The molecular weight excluding hydrogens is 459 g/mol. The lowest BCUT2D eigenvalue weighted by molar-refractivity contribution is -0.136. The molecule has 1 heterocycles. The van der Waals surface area contributed by atoms with Crippen LogP contribution < -0.4 is 9.64 Å². The van der Waals surface area contributed by atoms with Gasteiger partial charge in [-0.1, -0.05) is 17.5 Å². The van der Waals surface area contributed by atoms with Crippen molar-refractivity contribution in [3.05, 3.63) is 63.7 Å². The third kappa shape index (κ3) is 5.57. The fourth-order valence-corrected chi connectivity index (χ4v) is 3.99. The molecule has 0 N–H and O–H groups in total. The quantitative estimate of drug-likeness (QED) is 0.401. The van der Waals surface area contributed by atoms with Gasteiger partial charge in [-0.05, 0) is 62.8 Å². The molecule has 1 atom stereocenters. The summed E-state index contributed by atoms with van der Waals surface area (Å²) in [6, 6.07) is 4.25. The van der Waals surface area contributed by atoms with Gasteiger partial charge in [0.05, 0.1) is 24.4 Å². The van der Waals surface area contributed by atoms with E-state index in [9.17, 15) is 9.59 Å². The summed E-state index contributed by atoms with van der Waals surface area (Å²) in [5.74, 6) is 0.827. The van der Waals surface area contributed by atoms with Crippen LogP contribution in [-0.2, 0) is 20.9 Å². The lowest BCUT2D eigenvalue weighted by Crippen LogP contribution is -2.35. The average Bonchev–Trinajstić information content (AvgIpc) is 2.84. The van der Waals surface area contributed by atoms with E-state index in [2.05, 4.69) is 10.9 Å². The van der Waals surface area contributed by atoms with Crippen molar-refractivity contribution >= 4 is 29.2 Å². The third-order valence-corrected chi connectivity index (χ3v) is 6.00. The van der Waals surface area contributed by atoms with Gasteiger partial charge in [0.25, 0.3) is 5.91 Å². The molecule has 34 heavy (non-hydrogen) atoms. The molecule has 0 saturated heterocycles. The fourth-order valence-electron chi connectivity index (χ4n) is 3.79. The number of anilines is 1. The van der Waals surface area contributed by atoms with E-state index < -0.39 is 23.8 Å². The number of halogens is 2. The van der Waals surface area contributed by atoms with Crippen molar-refractivity contribution in [3.8, 4) is 18.1 Å². The topological polar surface area (TPSA) is 68.7 Å². The van der Waals surface area contributed by atoms with Crippen molar-refractivity contribution in [3.63, 3.8) is 0 Å². The molecule has 0 spiro atoms. The summed E-state index contributed by atoms with van der Waals surface area (Å²) < 4.78 is 25.8. The lowest BCUT2D eigenvalue weighted by Gasteiger charge is -2.28. The Hall–Kier alpha value is -3.37. The highest BCUT2D eigenvalue weighted by molar-refractivity contribution is 6.32. The zero-order chi connectivity index (χ0) is 24.8. The summed E-state index contributed by atoms with van der Waals surface area (Å²) in [4.78, 5) is 31.6. The number of carbonyl (C=O) groups is 2. The monoisotopic (exact) mass is 484 g/mol. The molecule has 8 heteroatoms. The van der Waals surface area contributed by atoms with Crippen molar-refractivity contribution in [1.82, 2.24) is 4.98 Å². The van der Waals surface area contributed by atoms with Gasteiger partial charge in [-0.25, -0.2) is 9.18 Å². The molecule has 178 valence electrons. The summed E-state index contributed by atoms with van der Waals surface area (Å²) in [7, 11) is 1.28. The minimum absolute atomic E-state index is 0.0269. The summed E-state index contributed by atoms with van der Waals surface area (Å²) in [6.45, 7) is 3.55. The van der Waals surface area contributed by atoms with E-state index in [0.29, 0.717) is 24.0 Å². The highest BCUT2D eigenvalue weighted by Gasteiger charge is 2.30. The second-order valence-corrected chi connectivity index (χ2v) is 8.42. The van der Waals surface area contributed by atoms with Gasteiger partial charge in [-0.2, -0.15) is 0 Å². The Morgan fingerprint density at radius 2 is 2.00 bits per heavy atom. The molecule has 0 fully saturated rings. The molecule has 0 aliphatic heterocycles. The summed E-state index contributed by atoms with van der Waals surface area (Å²) in [5.41, 5.74) is 2.19. The highest BCUT2D eigenvalue weighted by Crippen LogP contribution is 2.36. The van der Waals surface area contributed by atoms with E-state index in [-0.39, 0.29) is 23.0 Å². The molecule has 0 saturated carbocycles. The average molecular weight is 485 g/mol. The molecule has 6 nitrogen and oxygen atoms in total. The molecule has 3 rings (SSSR count). The largest absolute Gasteiger partial charge is 0.476 e. The van der Waals surface area contributed by atoms with Gasteiger partial charge in [-0.3, -0.25) is 9.78 Å². The Balaban J connectivity index is 2.15. The summed E-state index contributed by atoms with van der Waals surface area (Å²) >= 11 is 6.19. The van der Waals surface area contributed by atoms with Gasteiger partial charge < -0.3 is 14.4 Å². The first kappa shape index (κ1) is 25.3. The van der Waals surface area contributed by atoms with Gasteiger partial charge in [0.2, 0.25) is 0 Å². The van der Waals surface area contributed by atoms with Crippen LogP contribution in [0.3, 0.4) is 0 Å². The first-order chi connectivity index (χ1) is 16.3. The van der Waals surface area contributed by atoms with Crippen molar-refractivity contribution in [1.29, 1.82) is 0 Å². The molecule has 1 amide bonds. The Labute approximate surface area is 203 Å². The van der Waals surface area contributed by atoms with Crippen LogP contribution in [0.15, 0.2) is 41.7 Å². The first-order valence-corrected chi connectivity index (χ1v) is 11.3. The first-order valence-electron chi connectivity index (χ1n) is 10.9. The number of pyridine rings is 1. The van der Waals surface area contributed by atoms with Crippen LogP contribution in [0, 0.1) is 25.1 Å². The van der Waals surface area contributed by atoms with Gasteiger partial charge in [0, 0.05) is 29.6 Å². The molecule has 1 aromatic carbocycles. The lowest BCUT2D eigenvalue weighted by atomic mass is 9.90. The van der Waals surface area contributed by atoms with E-state index in [1.807, 2.05) is 6.92 Å². The van der Waals surface area contributed by atoms with Gasteiger partial charge >= 0.3 is 5.97 Å². The number of carbonyl (C=O) groups excluding carboxylic acids is 2. The maximum Gasteiger partial charge on any atom is 0.334 e. The Morgan fingerprint density at radius 3 is 2.65 bits per heavy atom. The second-order valence-electron chi connectivity index (χ2n) is 8.01. The molecule has 0 radical (unpaired) electrons. The number of ether oxygens (including phenoxy) is 2. The van der Waals surface area contributed by atoms with Crippen LogP contribution in [0.1, 0.15) is 43.7 Å². The second kappa shape index (κ2) is 11.2. The normalized spacial score (nSPS) is 14.2. The Bertz CT molecular complexity index is 1170. The van der Waals surface area contributed by atoms with Crippen LogP contribution >= 0.6 is 11.6 Å². The van der Waals surface area contributed by atoms with E-state index in [1.165, 1.54) is 18.1 Å². The number of aromatic nitrogens is 1. The Kier molecular flexibility index (Phi) is 8.30. The number of amides is 1. The summed E-state index contributed by atoms with van der Waals surface area (Å²) in [6.07, 6.45) is 10.4. The number of methoxy groups -OCH3 is 1. The molecule has 1 aromatic heterocycles. The molecule has 1 aliphatic rings. The van der Waals surface area contributed by atoms with Crippen molar-refractivity contribution in [2.24, 2.45) is 0 Å². The van der Waals surface area contributed by atoms with Gasteiger partial charge in [0.1, 0.15) is 11.6 Å².